The van der Waals surface area contributed by atoms with Crippen molar-refractivity contribution in [1.29, 1.82) is 0 Å². The maximum atomic E-state index is 5.45. The number of benzene rings is 1. The van der Waals surface area contributed by atoms with Crippen molar-refractivity contribution in [2.45, 2.75) is 6.54 Å². The van der Waals surface area contributed by atoms with E-state index < -0.39 is 0 Å². The molecular weight excluding hydrogens is 366 g/mol. The molecule has 0 spiro atoms. The number of thiazole rings is 1. The van der Waals surface area contributed by atoms with Gasteiger partial charge in [-0.15, -0.1) is 11.3 Å². The van der Waals surface area contributed by atoms with Crippen LogP contribution in [-0.2, 0) is 6.54 Å². The first kappa shape index (κ1) is 17.7. The Balaban J connectivity index is 1.39. The molecule has 0 amide bonds. The highest BCUT2D eigenvalue weighted by Crippen LogP contribution is 2.31. The smallest absolute Gasteiger partial charge is 0.241 e. The van der Waals surface area contributed by atoms with Gasteiger partial charge < -0.3 is 18.9 Å². The maximum absolute atomic E-state index is 5.45. The van der Waals surface area contributed by atoms with Crippen molar-refractivity contribution >= 4 is 16.5 Å². The summed E-state index contributed by atoms with van der Waals surface area (Å²) in [5, 5.41) is 7.21. The molecule has 0 N–H and O–H groups in total. The van der Waals surface area contributed by atoms with Gasteiger partial charge in [0.15, 0.2) is 16.6 Å². The van der Waals surface area contributed by atoms with Gasteiger partial charge in [-0.25, -0.2) is 4.98 Å². The zero-order chi connectivity index (χ0) is 18.6. The maximum Gasteiger partial charge on any atom is 0.241 e. The van der Waals surface area contributed by atoms with Crippen LogP contribution < -0.4 is 14.4 Å². The lowest BCUT2D eigenvalue weighted by molar-refractivity contribution is 0.215. The molecule has 0 saturated carbocycles. The van der Waals surface area contributed by atoms with Crippen LogP contribution in [0.4, 0.5) is 5.13 Å². The van der Waals surface area contributed by atoms with Gasteiger partial charge >= 0.3 is 0 Å². The van der Waals surface area contributed by atoms with Crippen LogP contribution in [0, 0.1) is 0 Å². The SMILES string of the molecule is COc1ccc(-c2noc(CN3CCN(c4nccs4)CC3)n2)cc1OC. The highest BCUT2D eigenvalue weighted by molar-refractivity contribution is 7.13. The Kier molecular flexibility index (Phi) is 5.21. The second-order valence-electron chi connectivity index (χ2n) is 6.16. The fourth-order valence-electron chi connectivity index (χ4n) is 3.07. The van der Waals surface area contributed by atoms with Crippen LogP contribution >= 0.6 is 11.3 Å². The summed E-state index contributed by atoms with van der Waals surface area (Å²) in [6.07, 6.45) is 1.85. The normalized spacial score (nSPS) is 15.1. The van der Waals surface area contributed by atoms with Crippen LogP contribution in [-0.4, -0.2) is 60.4 Å². The van der Waals surface area contributed by atoms with Gasteiger partial charge in [0, 0.05) is 43.3 Å². The van der Waals surface area contributed by atoms with Gasteiger partial charge in [-0.2, -0.15) is 4.98 Å². The minimum absolute atomic E-state index is 0.548. The molecule has 2 aromatic heterocycles. The molecule has 0 radical (unpaired) electrons. The summed E-state index contributed by atoms with van der Waals surface area (Å²) in [4.78, 5) is 13.5. The molecular formula is C18H21N5O3S. The third-order valence-corrected chi connectivity index (χ3v) is 5.36. The van der Waals surface area contributed by atoms with E-state index in [9.17, 15) is 0 Å². The van der Waals surface area contributed by atoms with Crippen molar-refractivity contribution in [3.63, 3.8) is 0 Å². The van der Waals surface area contributed by atoms with Gasteiger partial charge in [0.05, 0.1) is 20.8 Å². The van der Waals surface area contributed by atoms with Crippen molar-refractivity contribution < 1.29 is 14.0 Å². The summed E-state index contributed by atoms with van der Waals surface area (Å²) in [6, 6.07) is 5.57. The Labute approximate surface area is 161 Å². The van der Waals surface area contributed by atoms with Crippen molar-refractivity contribution in [1.82, 2.24) is 20.0 Å². The summed E-state index contributed by atoms with van der Waals surface area (Å²) in [7, 11) is 3.22. The van der Waals surface area contributed by atoms with Gasteiger partial charge in [-0.3, -0.25) is 4.90 Å². The fourth-order valence-corrected chi connectivity index (χ4v) is 3.77. The number of anilines is 1. The Morgan fingerprint density at radius 2 is 1.93 bits per heavy atom. The lowest BCUT2D eigenvalue weighted by atomic mass is 10.2. The predicted molar refractivity (Wildman–Crippen MR) is 102 cm³/mol. The summed E-state index contributed by atoms with van der Waals surface area (Å²) in [5.41, 5.74) is 0.830. The number of hydrogen-bond donors (Lipinski definition) is 0. The van der Waals surface area contributed by atoms with Gasteiger partial charge in [-0.1, -0.05) is 5.16 Å². The highest BCUT2D eigenvalue weighted by Gasteiger charge is 2.21. The summed E-state index contributed by atoms with van der Waals surface area (Å²) < 4.78 is 16.1. The molecule has 1 saturated heterocycles. The van der Waals surface area contributed by atoms with Crippen LogP contribution in [0.2, 0.25) is 0 Å². The van der Waals surface area contributed by atoms with E-state index >= 15 is 0 Å². The van der Waals surface area contributed by atoms with Crippen molar-refractivity contribution in [2.75, 3.05) is 45.3 Å². The van der Waals surface area contributed by atoms with E-state index in [4.69, 9.17) is 14.0 Å². The van der Waals surface area contributed by atoms with Gasteiger partial charge in [0.1, 0.15) is 0 Å². The highest BCUT2D eigenvalue weighted by atomic mass is 32.1. The number of nitrogens with zero attached hydrogens (tertiary/aromatic N) is 5. The zero-order valence-electron chi connectivity index (χ0n) is 15.3. The average molecular weight is 387 g/mol. The molecule has 0 unspecified atom stereocenters. The Hall–Kier alpha value is -2.65. The van der Waals surface area contributed by atoms with Crippen LogP contribution in [0.5, 0.6) is 11.5 Å². The summed E-state index contributed by atoms with van der Waals surface area (Å²) in [6.45, 7) is 4.42. The van der Waals surface area contributed by atoms with E-state index in [-0.39, 0.29) is 0 Å². The molecule has 142 valence electrons. The number of methoxy groups -OCH3 is 2. The van der Waals surface area contributed by atoms with Crippen molar-refractivity contribution in [3.8, 4) is 22.9 Å². The first-order valence-electron chi connectivity index (χ1n) is 8.68. The Morgan fingerprint density at radius 1 is 1.11 bits per heavy atom. The predicted octanol–water partition coefficient (Wildman–Crippen LogP) is 2.53. The van der Waals surface area contributed by atoms with E-state index in [1.54, 1.807) is 25.6 Å². The van der Waals surface area contributed by atoms with Crippen LogP contribution in [0.1, 0.15) is 5.89 Å². The fraction of sp³-hybridized carbons (Fsp3) is 0.389. The minimum Gasteiger partial charge on any atom is -0.493 e. The Bertz CT molecular complexity index is 875. The van der Waals surface area contributed by atoms with Crippen LogP contribution in [0.3, 0.4) is 0 Å². The van der Waals surface area contributed by atoms with E-state index in [0.29, 0.717) is 29.8 Å². The van der Waals surface area contributed by atoms with E-state index in [2.05, 4.69) is 24.9 Å². The largest absolute Gasteiger partial charge is 0.493 e. The van der Waals surface area contributed by atoms with Gasteiger partial charge in [0.2, 0.25) is 11.7 Å². The number of piperazine rings is 1. The van der Waals surface area contributed by atoms with E-state index in [0.717, 1.165) is 36.9 Å². The first-order chi connectivity index (χ1) is 13.3. The zero-order valence-corrected chi connectivity index (χ0v) is 16.1. The molecule has 1 fully saturated rings. The van der Waals surface area contributed by atoms with E-state index in [1.165, 1.54) is 0 Å². The molecule has 8 nitrogen and oxygen atoms in total. The monoisotopic (exact) mass is 387 g/mol. The molecule has 9 heteroatoms. The topological polar surface area (TPSA) is 76.8 Å². The molecule has 4 rings (SSSR count). The molecule has 1 aliphatic rings. The number of aromatic nitrogens is 3. The van der Waals surface area contributed by atoms with Gasteiger partial charge in [-0.05, 0) is 18.2 Å². The molecule has 0 bridgehead atoms. The van der Waals surface area contributed by atoms with Crippen LogP contribution in [0.25, 0.3) is 11.4 Å². The molecule has 0 atom stereocenters. The molecule has 0 aliphatic carbocycles. The standard InChI is InChI=1S/C18H21N5O3S/c1-24-14-4-3-13(11-15(14)25-2)17-20-16(26-21-17)12-22-6-8-23(9-7-22)18-19-5-10-27-18/h3-5,10-11H,6-9,12H2,1-2H3. The van der Waals surface area contributed by atoms with Crippen molar-refractivity contribution in [3.05, 3.63) is 35.7 Å². The van der Waals surface area contributed by atoms with E-state index in [1.807, 2.05) is 29.8 Å². The molecule has 3 aromatic rings. The molecule has 3 heterocycles. The summed E-state index contributed by atoms with van der Waals surface area (Å²) >= 11 is 1.68. The van der Waals surface area contributed by atoms with Crippen molar-refractivity contribution in [2.24, 2.45) is 0 Å². The first-order valence-corrected chi connectivity index (χ1v) is 9.56. The second kappa shape index (κ2) is 7.93. The molecule has 1 aliphatic heterocycles. The molecule has 27 heavy (non-hydrogen) atoms. The third-order valence-electron chi connectivity index (χ3n) is 4.53. The van der Waals surface area contributed by atoms with Crippen LogP contribution in [0.15, 0.2) is 34.3 Å². The quantitative estimate of drug-likeness (QED) is 0.639. The summed E-state index contributed by atoms with van der Waals surface area (Å²) in [5.74, 6) is 2.47. The number of rotatable bonds is 6. The number of hydrogen-bond acceptors (Lipinski definition) is 9. The minimum atomic E-state index is 0.548. The lowest BCUT2D eigenvalue weighted by Gasteiger charge is -2.33. The van der Waals surface area contributed by atoms with Gasteiger partial charge in [0.25, 0.3) is 0 Å². The third kappa shape index (κ3) is 3.88. The molecule has 1 aromatic carbocycles. The lowest BCUT2D eigenvalue weighted by Crippen LogP contribution is -2.46. The average Bonchev–Trinajstić information content (AvgIpc) is 3.40. The number of ether oxygens (including phenoxy) is 2. The second-order valence-corrected chi connectivity index (χ2v) is 7.03. The Morgan fingerprint density at radius 3 is 2.63 bits per heavy atom.